The van der Waals surface area contributed by atoms with Crippen LogP contribution < -0.4 is 10.1 Å². The van der Waals surface area contributed by atoms with E-state index in [0.717, 1.165) is 11.3 Å². The second-order valence-corrected chi connectivity index (χ2v) is 4.31. The standard InChI is InChI=1S/C13H17NO4/c1-17-11-4-2-9(3-5-11)8-18-13(16)12-6-10(15)7-14-12/h2-5,10,12,14-15H,6-8H2,1H3/t10-,12-/m1/s1. The summed E-state index contributed by atoms with van der Waals surface area (Å²) in [5, 5.41) is 12.2. The Morgan fingerprint density at radius 2 is 2.17 bits per heavy atom. The zero-order chi connectivity index (χ0) is 13.0. The highest BCUT2D eigenvalue weighted by molar-refractivity contribution is 5.76. The van der Waals surface area contributed by atoms with Gasteiger partial charge in [-0.3, -0.25) is 4.79 Å². The van der Waals surface area contributed by atoms with E-state index >= 15 is 0 Å². The SMILES string of the molecule is COc1ccc(COC(=O)[C@H]2C[C@@H](O)CN2)cc1. The van der Waals surface area contributed by atoms with Crippen LogP contribution in [0.2, 0.25) is 0 Å². The van der Waals surface area contributed by atoms with Gasteiger partial charge in [-0.15, -0.1) is 0 Å². The summed E-state index contributed by atoms with van der Waals surface area (Å²) in [5.41, 5.74) is 0.905. The Hall–Kier alpha value is -1.59. The summed E-state index contributed by atoms with van der Waals surface area (Å²) in [7, 11) is 1.60. The van der Waals surface area contributed by atoms with Crippen LogP contribution in [0, 0.1) is 0 Å². The molecule has 5 heteroatoms. The third kappa shape index (κ3) is 3.21. The predicted octanol–water partition coefficient (Wildman–Crippen LogP) is 0.461. The molecule has 0 aliphatic carbocycles. The lowest BCUT2D eigenvalue weighted by Crippen LogP contribution is -2.32. The van der Waals surface area contributed by atoms with Crippen molar-refractivity contribution in [3.05, 3.63) is 29.8 Å². The highest BCUT2D eigenvalue weighted by Gasteiger charge is 2.29. The zero-order valence-electron chi connectivity index (χ0n) is 10.3. The Morgan fingerprint density at radius 3 is 2.72 bits per heavy atom. The van der Waals surface area contributed by atoms with Crippen molar-refractivity contribution in [2.24, 2.45) is 0 Å². The molecule has 0 bridgehead atoms. The van der Waals surface area contributed by atoms with Crippen molar-refractivity contribution in [1.82, 2.24) is 5.32 Å². The van der Waals surface area contributed by atoms with Gasteiger partial charge in [0.25, 0.3) is 0 Å². The Balaban J connectivity index is 1.81. The molecule has 5 nitrogen and oxygen atoms in total. The van der Waals surface area contributed by atoms with Crippen molar-refractivity contribution in [3.8, 4) is 5.75 Å². The number of aliphatic hydroxyl groups is 1. The molecule has 0 saturated carbocycles. The first kappa shape index (κ1) is 12.9. The van der Waals surface area contributed by atoms with Crippen molar-refractivity contribution in [1.29, 1.82) is 0 Å². The van der Waals surface area contributed by atoms with E-state index in [4.69, 9.17) is 9.47 Å². The van der Waals surface area contributed by atoms with E-state index in [1.54, 1.807) is 7.11 Å². The van der Waals surface area contributed by atoms with Crippen LogP contribution in [-0.4, -0.2) is 36.9 Å². The molecule has 1 heterocycles. The molecule has 1 fully saturated rings. The molecule has 2 atom stereocenters. The van der Waals surface area contributed by atoms with E-state index in [2.05, 4.69) is 5.32 Å². The van der Waals surface area contributed by atoms with Gasteiger partial charge in [-0.2, -0.15) is 0 Å². The van der Waals surface area contributed by atoms with Gasteiger partial charge in [0.15, 0.2) is 0 Å². The maximum absolute atomic E-state index is 11.7. The van der Waals surface area contributed by atoms with E-state index in [0.29, 0.717) is 13.0 Å². The second-order valence-electron chi connectivity index (χ2n) is 4.31. The molecular weight excluding hydrogens is 234 g/mol. The quantitative estimate of drug-likeness (QED) is 0.761. The molecule has 1 aromatic carbocycles. The molecule has 1 aromatic rings. The third-order valence-corrected chi connectivity index (χ3v) is 2.93. The minimum atomic E-state index is -0.455. The first-order valence-corrected chi connectivity index (χ1v) is 5.90. The molecule has 2 rings (SSSR count). The number of carbonyl (C=O) groups excluding carboxylic acids is 1. The molecular formula is C13H17NO4. The summed E-state index contributed by atoms with van der Waals surface area (Å²) < 4.78 is 10.2. The van der Waals surface area contributed by atoms with Crippen LogP contribution >= 0.6 is 0 Å². The molecule has 0 spiro atoms. The van der Waals surface area contributed by atoms with E-state index < -0.39 is 12.1 Å². The van der Waals surface area contributed by atoms with Crippen molar-refractivity contribution < 1.29 is 19.4 Å². The van der Waals surface area contributed by atoms with Gasteiger partial charge < -0.3 is 19.9 Å². The average molecular weight is 251 g/mol. The molecule has 1 aliphatic rings. The first-order valence-electron chi connectivity index (χ1n) is 5.90. The summed E-state index contributed by atoms with van der Waals surface area (Å²) in [6.07, 6.45) is -0.0370. The van der Waals surface area contributed by atoms with Crippen LogP contribution in [-0.2, 0) is 16.1 Å². The smallest absolute Gasteiger partial charge is 0.323 e. The van der Waals surface area contributed by atoms with Crippen molar-refractivity contribution in [2.45, 2.75) is 25.2 Å². The summed E-state index contributed by atoms with van der Waals surface area (Å²) in [6.45, 7) is 0.680. The Bertz CT molecular complexity index is 404. The number of hydrogen-bond acceptors (Lipinski definition) is 5. The van der Waals surface area contributed by atoms with Gasteiger partial charge in [-0.25, -0.2) is 0 Å². The summed E-state index contributed by atoms with van der Waals surface area (Å²) in [4.78, 5) is 11.7. The molecule has 98 valence electrons. The maximum Gasteiger partial charge on any atom is 0.323 e. The van der Waals surface area contributed by atoms with Gasteiger partial charge in [-0.1, -0.05) is 12.1 Å². The number of carbonyl (C=O) groups is 1. The number of benzene rings is 1. The van der Waals surface area contributed by atoms with E-state index in [9.17, 15) is 9.90 Å². The minimum Gasteiger partial charge on any atom is -0.497 e. The Kier molecular flexibility index (Phi) is 4.17. The summed E-state index contributed by atoms with van der Waals surface area (Å²) >= 11 is 0. The van der Waals surface area contributed by atoms with Crippen LogP contribution in [0.3, 0.4) is 0 Å². The van der Waals surface area contributed by atoms with E-state index in [-0.39, 0.29) is 12.6 Å². The summed E-state index contributed by atoms with van der Waals surface area (Å²) in [6, 6.07) is 6.95. The lowest BCUT2D eigenvalue weighted by molar-refractivity contribution is -0.147. The number of ether oxygens (including phenoxy) is 2. The van der Waals surface area contributed by atoms with Crippen LogP contribution in [0.5, 0.6) is 5.75 Å². The number of nitrogens with one attached hydrogen (secondary N) is 1. The van der Waals surface area contributed by atoms with Crippen LogP contribution in [0.1, 0.15) is 12.0 Å². The molecule has 0 radical (unpaired) electrons. The normalized spacial score (nSPS) is 22.8. The van der Waals surface area contributed by atoms with Crippen molar-refractivity contribution in [2.75, 3.05) is 13.7 Å². The zero-order valence-corrected chi connectivity index (χ0v) is 10.3. The van der Waals surface area contributed by atoms with Crippen LogP contribution in [0.4, 0.5) is 0 Å². The van der Waals surface area contributed by atoms with Crippen LogP contribution in [0.15, 0.2) is 24.3 Å². The molecule has 0 aromatic heterocycles. The number of β-amino-alcohol motifs (C(OH)–C–C–N with tert-alkyl or cyclic N) is 1. The van der Waals surface area contributed by atoms with Gasteiger partial charge in [0.2, 0.25) is 0 Å². The number of aliphatic hydroxyl groups excluding tert-OH is 1. The monoisotopic (exact) mass is 251 g/mol. The Labute approximate surface area is 106 Å². The fourth-order valence-corrected chi connectivity index (χ4v) is 1.87. The average Bonchev–Trinajstić information content (AvgIpc) is 2.83. The third-order valence-electron chi connectivity index (χ3n) is 2.93. The minimum absolute atomic E-state index is 0.233. The van der Waals surface area contributed by atoms with Gasteiger partial charge in [-0.05, 0) is 17.7 Å². The maximum atomic E-state index is 11.7. The fraction of sp³-hybridized carbons (Fsp3) is 0.462. The van der Waals surface area contributed by atoms with Crippen LogP contribution in [0.25, 0.3) is 0 Å². The number of rotatable bonds is 4. The van der Waals surface area contributed by atoms with Gasteiger partial charge in [0, 0.05) is 13.0 Å². The number of esters is 1. The highest BCUT2D eigenvalue weighted by Crippen LogP contribution is 2.13. The fourth-order valence-electron chi connectivity index (χ4n) is 1.87. The lowest BCUT2D eigenvalue weighted by Gasteiger charge is -2.10. The largest absolute Gasteiger partial charge is 0.497 e. The van der Waals surface area contributed by atoms with E-state index in [1.165, 1.54) is 0 Å². The Morgan fingerprint density at radius 1 is 1.44 bits per heavy atom. The highest BCUT2D eigenvalue weighted by atomic mass is 16.5. The number of methoxy groups -OCH3 is 1. The molecule has 1 aliphatic heterocycles. The van der Waals surface area contributed by atoms with Gasteiger partial charge in [0.05, 0.1) is 13.2 Å². The second kappa shape index (κ2) is 5.84. The van der Waals surface area contributed by atoms with Crippen molar-refractivity contribution in [3.63, 3.8) is 0 Å². The molecule has 2 N–H and O–H groups in total. The molecule has 1 saturated heterocycles. The predicted molar refractivity (Wildman–Crippen MR) is 65.2 cm³/mol. The molecule has 0 unspecified atom stereocenters. The number of hydrogen-bond donors (Lipinski definition) is 2. The van der Waals surface area contributed by atoms with Crippen molar-refractivity contribution >= 4 is 5.97 Å². The summed E-state index contributed by atoms with van der Waals surface area (Å²) in [5.74, 6) is 0.452. The lowest BCUT2D eigenvalue weighted by atomic mass is 10.2. The van der Waals surface area contributed by atoms with E-state index in [1.807, 2.05) is 24.3 Å². The first-order chi connectivity index (χ1) is 8.69. The topological polar surface area (TPSA) is 67.8 Å². The van der Waals surface area contributed by atoms with Gasteiger partial charge in [0.1, 0.15) is 18.4 Å². The molecule has 0 amide bonds. The van der Waals surface area contributed by atoms with Gasteiger partial charge >= 0.3 is 5.97 Å². The molecule has 18 heavy (non-hydrogen) atoms.